The van der Waals surface area contributed by atoms with Crippen molar-refractivity contribution in [3.05, 3.63) is 18.3 Å². The van der Waals surface area contributed by atoms with Crippen LogP contribution in [-0.4, -0.2) is 84.9 Å². The Labute approximate surface area is 149 Å². The summed E-state index contributed by atoms with van der Waals surface area (Å²) in [7, 11) is 1.99. The maximum absolute atomic E-state index is 12.6. The summed E-state index contributed by atoms with van der Waals surface area (Å²) in [6.07, 6.45) is 4.11. The first kappa shape index (κ1) is 18.1. The van der Waals surface area contributed by atoms with E-state index in [1.54, 1.807) is 6.20 Å². The summed E-state index contributed by atoms with van der Waals surface area (Å²) in [6, 6.07) is 3.82. The number of rotatable bonds is 5. The first-order valence-electron chi connectivity index (χ1n) is 9.22. The minimum atomic E-state index is 0.0776. The number of carbonyl (C=O) groups excluding carboxylic acids is 1. The zero-order chi connectivity index (χ0) is 17.6. The third kappa shape index (κ3) is 5.12. The maximum atomic E-state index is 12.6. The van der Waals surface area contributed by atoms with E-state index in [1.165, 1.54) is 6.42 Å². The summed E-state index contributed by atoms with van der Waals surface area (Å²) in [5.41, 5.74) is 0. The van der Waals surface area contributed by atoms with E-state index in [-0.39, 0.29) is 12.0 Å². The van der Waals surface area contributed by atoms with Crippen molar-refractivity contribution < 1.29 is 9.53 Å². The fourth-order valence-electron chi connectivity index (χ4n) is 3.64. The molecular formula is C18H29N5O2. The summed E-state index contributed by atoms with van der Waals surface area (Å²) < 4.78 is 5.89. The van der Waals surface area contributed by atoms with E-state index in [0.29, 0.717) is 19.1 Å². The van der Waals surface area contributed by atoms with Gasteiger partial charge >= 0.3 is 0 Å². The number of aromatic nitrogens is 2. The summed E-state index contributed by atoms with van der Waals surface area (Å²) in [4.78, 5) is 18.9. The zero-order valence-electron chi connectivity index (χ0n) is 15.3. The van der Waals surface area contributed by atoms with E-state index in [4.69, 9.17) is 4.74 Å². The molecule has 3 heterocycles. The highest BCUT2D eigenvalue weighted by Gasteiger charge is 2.27. The van der Waals surface area contributed by atoms with Gasteiger partial charge in [-0.1, -0.05) is 6.92 Å². The molecule has 0 aliphatic carbocycles. The number of likely N-dealkylation sites (tertiary alicyclic amines) is 1. The zero-order valence-corrected chi connectivity index (χ0v) is 15.3. The Morgan fingerprint density at radius 2 is 2.28 bits per heavy atom. The largest absolute Gasteiger partial charge is 0.374 e. The van der Waals surface area contributed by atoms with Gasteiger partial charge in [-0.25, -0.2) is 0 Å². The number of nitrogens with zero attached hydrogens (tertiary/aromatic N) is 5. The number of amides is 1. The van der Waals surface area contributed by atoms with Gasteiger partial charge < -0.3 is 14.5 Å². The van der Waals surface area contributed by atoms with Crippen molar-refractivity contribution in [1.29, 1.82) is 0 Å². The van der Waals surface area contributed by atoms with Crippen molar-refractivity contribution in [3.8, 4) is 0 Å². The average molecular weight is 347 g/mol. The summed E-state index contributed by atoms with van der Waals surface area (Å²) in [6.45, 7) is 7.55. The Hall–Kier alpha value is -1.73. The minimum Gasteiger partial charge on any atom is -0.374 e. The molecule has 7 heteroatoms. The molecule has 0 saturated carbocycles. The number of morpholine rings is 1. The van der Waals surface area contributed by atoms with Crippen molar-refractivity contribution in [2.24, 2.45) is 5.92 Å². The van der Waals surface area contributed by atoms with Gasteiger partial charge in [0.2, 0.25) is 5.91 Å². The lowest BCUT2D eigenvalue weighted by Crippen LogP contribution is -2.51. The van der Waals surface area contributed by atoms with Crippen LogP contribution in [0.25, 0.3) is 0 Å². The van der Waals surface area contributed by atoms with Gasteiger partial charge in [-0.15, -0.1) is 5.10 Å². The van der Waals surface area contributed by atoms with Gasteiger partial charge in [-0.05, 0) is 30.9 Å². The lowest BCUT2D eigenvalue weighted by Gasteiger charge is -2.37. The van der Waals surface area contributed by atoms with Crippen molar-refractivity contribution in [1.82, 2.24) is 20.0 Å². The van der Waals surface area contributed by atoms with Crippen molar-refractivity contribution in [2.45, 2.75) is 25.9 Å². The fourth-order valence-corrected chi connectivity index (χ4v) is 3.64. The third-order valence-electron chi connectivity index (χ3n) is 5.02. The molecule has 0 spiro atoms. The van der Waals surface area contributed by atoms with Gasteiger partial charge in [-0.3, -0.25) is 9.69 Å². The third-order valence-corrected chi connectivity index (χ3v) is 5.02. The number of hydrogen-bond donors (Lipinski definition) is 0. The molecule has 2 aliphatic rings. The van der Waals surface area contributed by atoms with Crippen molar-refractivity contribution in [2.75, 3.05) is 57.8 Å². The first-order chi connectivity index (χ1) is 12.1. The van der Waals surface area contributed by atoms with Crippen LogP contribution < -0.4 is 4.90 Å². The number of ether oxygens (including phenoxy) is 1. The molecule has 1 aromatic rings. The van der Waals surface area contributed by atoms with Crippen LogP contribution in [0.3, 0.4) is 0 Å². The van der Waals surface area contributed by atoms with Crippen molar-refractivity contribution >= 4 is 11.7 Å². The highest BCUT2D eigenvalue weighted by molar-refractivity contribution is 5.78. The van der Waals surface area contributed by atoms with Gasteiger partial charge in [-0.2, -0.15) is 5.10 Å². The highest BCUT2D eigenvalue weighted by Crippen LogP contribution is 2.16. The SMILES string of the molecule is C[C@H]1CCCN(C(=O)CN2CCO[C@@H](CN(C)c3cccnn3)C2)C1. The standard InChI is InChI=1S/C18H29N5O2/c1-15-5-4-8-23(11-15)18(24)14-22-9-10-25-16(13-22)12-21(2)17-6-3-7-19-20-17/h3,6-7,15-16H,4-5,8-14H2,1-2H3/t15-,16-/m0/s1. The van der Waals surface area contributed by atoms with Crippen LogP contribution in [0.5, 0.6) is 0 Å². The van der Waals surface area contributed by atoms with Gasteiger partial charge in [0.25, 0.3) is 0 Å². The van der Waals surface area contributed by atoms with E-state index in [9.17, 15) is 4.79 Å². The molecule has 1 amide bonds. The predicted molar refractivity (Wildman–Crippen MR) is 96.5 cm³/mol. The van der Waals surface area contributed by atoms with Crippen LogP contribution in [0, 0.1) is 5.92 Å². The highest BCUT2D eigenvalue weighted by atomic mass is 16.5. The molecular weight excluding hydrogens is 318 g/mol. The molecule has 2 fully saturated rings. The Morgan fingerprint density at radius 3 is 3.04 bits per heavy atom. The van der Waals surface area contributed by atoms with Crippen LogP contribution >= 0.6 is 0 Å². The molecule has 25 heavy (non-hydrogen) atoms. The molecule has 0 radical (unpaired) electrons. The lowest BCUT2D eigenvalue weighted by atomic mass is 10.0. The molecule has 0 N–H and O–H groups in total. The molecule has 1 aromatic heterocycles. The van der Waals surface area contributed by atoms with Crippen LogP contribution in [0.4, 0.5) is 5.82 Å². The van der Waals surface area contributed by atoms with E-state index < -0.39 is 0 Å². The van der Waals surface area contributed by atoms with Gasteiger partial charge in [0.1, 0.15) is 0 Å². The lowest BCUT2D eigenvalue weighted by molar-refractivity contribution is -0.136. The second kappa shape index (κ2) is 8.58. The normalized spacial score (nSPS) is 25.0. The molecule has 7 nitrogen and oxygen atoms in total. The minimum absolute atomic E-state index is 0.0776. The van der Waals surface area contributed by atoms with E-state index in [2.05, 4.69) is 26.9 Å². The molecule has 2 aliphatic heterocycles. The summed E-state index contributed by atoms with van der Waals surface area (Å²) in [5.74, 6) is 1.71. The Morgan fingerprint density at radius 1 is 1.40 bits per heavy atom. The molecule has 2 atom stereocenters. The summed E-state index contributed by atoms with van der Waals surface area (Å²) >= 11 is 0. The maximum Gasteiger partial charge on any atom is 0.236 e. The molecule has 0 bridgehead atoms. The van der Waals surface area contributed by atoms with Crippen molar-refractivity contribution in [3.63, 3.8) is 0 Å². The van der Waals surface area contributed by atoms with Crippen LogP contribution in [0.15, 0.2) is 18.3 Å². The molecule has 0 aromatic carbocycles. The number of hydrogen-bond acceptors (Lipinski definition) is 6. The Bertz CT molecular complexity index is 556. The van der Waals surface area contributed by atoms with E-state index >= 15 is 0 Å². The molecule has 138 valence electrons. The number of likely N-dealkylation sites (N-methyl/N-ethyl adjacent to an activating group) is 1. The van der Waals surface area contributed by atoms with Gasteiger partial charge in [0, 0.05) is 46.0 Å². The average Bonchev–Trinajstić information content (AvgIpc) is 2.63. The number of anilines is 1. The topological polar surface area (TPSA) is 61.8 Å². The summed E-state index contributed by atoms with van der Waals surface area (Å²) in [5, 5.41) is 8.04. The fraction of sp³-hybridized carbons (Fsp3) is 0.722. The smallest absolute Gasteiger partial charge is 0.236 e. The van der Waals surface area contributed by atoms with Crippen LogP contribution in [0.1, 0.15) is 19.8 Å². The molecule has 3 rings (SSSR count). The quantitative estimate of drug-likeness (QED) is 0.788. The number of carbonyl (C=O) groups is 1. The first-order valence-corrected chi connectivity index (χ1v) is 9.22. The second-order valence-electron chi connectivity index (χ2n) is 7.28. The molecule has 2 saturated heterocycles. The predicted octanol–water partition coefficient (Wildman–Crippen LogP) is 0.872. The monoisotopic (exact) mass is 347 g/mol. The Kier molecular flexibility index (Phi) is 6.20. The molecule has 0 unspecified atom stereocenters. The van der Waals surface area contributed by atoms with E-state index in [0.717, 1.165) is 45.0 Å². The van der Waals surface area contributed by atoms with Gasteiger partial charge in [0.15, 0.2) is 5.82 Å². The Balaban J connectivity index is 1.48. The second-order valence-corrected chi connectivity index (χ2v) is 7.28. The van der Waals surface area contributed by atoms with E-state index in [1.807, 2.05) is 24.1 Å². The van der Waals surface area contributed by atoms with Crippen LogP contribution in [0.2, 0.25) is 0 Å². The number of piperidine rings is 1. The van der Waals surface area contributed by atoms with Gasteiger partial charge in [0.05, 0.1) is 19.3 Å². The van der Waals surface area contributed by atoms with Crippen LogP contribution in [-0.2, 0) is 9.53 Å².